The van der Waals surface area contributed by atoms with Crippen molar-refractivity contribution in [3.05, 3.63) is 105 Å². The fraction of sp³-hybridized carbons (Fsp3) is 0.500. The van der Waals surface area contributed by atoms with Crippen molar-refractivity contribution in [2.24, 2.45) is 24.8 Å². The van der Waals surface area contributed by atoms with Crippen LogP contribution in [0.5, 0.6) is 11.5 Å². The second-order valence-electron chi connectivity index (χ2n) is 21.8. The number of nitrogens with zero attached hydrogens (tertiary/aromatic N) is 5. The second kappa shape index (κ2) is 22.8. The molecule has 4 unspecified atom stereocenters. The largest absolute Gasteiger partial charge is 0.488 e. The van der Waals surface area contributed by atoms with E-state index in [1.54, 1.807) is 7.05 Å². The number of likely N-dealkylation sites (tertiary alicyclic amines) is 2. The van der Waals surface area contributed by atoms with Gasteiger partial charge in [-0.15, -0.1) is 0 Å². The molecular weight excluding hydrogens is 1030 g/mol. The van der Waals surface area contributed by atoms with Crippen LogP contribution < -0.4 is 30.3 Å². The number of nitrogens with one attached hydrogen (secondary N) is 3. The molecule has 15 nitrogen and oxygen atoms in total. The van der Waals surface area contributed by atoms with Gasteiger partial charge in [0.2, 0.25) is 11.8 Å². The molecule has 5 aromatic rings. The first-order valence-electron chi connectivity index (χ1n) is 27.2. The van der Waals surface area contributed by atoms with Gasteiger partial charge < -0.3 is 34.6 Å². The molecule has 4 aromatic carbocycles. The number of fused-ring (bicyclic) bond motifs is 2. The number of hydrogen-bond acceptors (Lipinski definition) is 10. The van der Waals surface area contributed by atoms with Gasteiger partial charge in [-0.3, -0.25) is 29.3 Å². The van der Waals surface area contributed by atoms with Crippen LogP contribution in [-0.2, 0) is 27.0 Å². The Morgan fingerprint density at radius 1 is 0.885 bits per heavy atom. The van der Waals surface area contributed by atoms with Crippen LogP contribution in [0.4, 0.5) is 28.2 Å². The topological polar surface area (TPSA) is 160 Å². The smallest absolute Gasteiger partial charge is 0.329 e. The van der Waals surface area contributed by atoms with Crippen LogP contribution in [-0.4, -0.2) is 123 Å². The standard InChI is InChI=1S/C58H67ClF4N8O7/c1-32-29-69(21-19-38(32)47-41(60)27-40-53(52(47)63)68(4)67-54(40)71-24-20-45(72)66-57(71)75)30-34-17-22-70(23-18-34)56(74)35-11-13-37(14-12-35)65-31-58(36-9-7-6-8-10-36)33(2)46-44(78-58)28-42(61)50(59)49(46)48-39(55(73)64-3)15-16-43(51(48)62)77-26-25-76-5/h6-10,15-16,27-28,32-35,37-38,65H,11-14,17-26,29-31H2,1-5H3,(H,64,73)(H,66,72,75). The van der Waals surface area contributed by atoms with Crippen LogP contribution in [0.15, 0.2) is 54.6 Å². The molecule has 0 bridgehead atoms. The average molecular weight is 1100 g/mol. The summed E-state index contributed by atoms with van der Waals surface area (Å²) in [4.78, 5) is 57.4. The molecule has 10 rings (SSSR count). The fourth-order valence-corrected chi connectivity index (χ4v) is 13.2. The number of carbonyl (C=O) groups is 4. The predicted octanol–water partition coefficient (Wildman–Crippen LogP) is 9.19. The minimum absolute atomic E-state index is 0.0138. The Labute approximate surface area is 456 Å². The average Bonchev–Trinajstić information content (AvgIpc) is 4.11. The highest BCUT2D eigenvalue weighted by Crippen LogP contribution is 2.57. The molecule has 4 aliphatic heterocycles. The molecule has 4 fully saturated rings. The van der Waals surface area contributed by atoms with Crippen molar-refractivity contribution >= 4 is 52.1 Å². The number of imide groups is 1. The number of rotatable bonds is 15. The fourth-order valence-electron chi connectivity index (χ4n) is 13.0. The third kappa shape index (κ3) is 10.3. The van der Waals surface area contributed by atoms with E-state index >= 15 is 17.6 Å². The van der Waals surface area contributed by atoms with Gasteiger partial charge in [0.15, 0.2) is 28.8 Å². The quantitative estimate of drug-likeness (QED) is 0.0682. The number of benzene rings is 4. The van der Waals surface area contributed by atoms with Gasteiger partial charge in [-0.25, -0.2) is 22.4 Å². The molecule has 5 amide bonds. The van der Waals surface area contributed by atoms with Crippen molar-refractivity contribution in [1.82, 2.24) is 35.5 Å². The summed E-state index contributed by atoms with van der Waals surface area (Å²) in [6, 6.07) is 14.3. The van der Waals surface area contributed by atoms with Gasteiger partial charge in [0.05, 0.1) is 22.6 Å². The van der Waals surface area contributed by atoms with Gasteiger partial charge in [-0.1, -0.05) is 55.8 Å². The van der Waals surface area contributed by atoms with E-state index < -0.39 is 52.6 Å². The van der Waals surface area contributed by atoms with Crippen molar-refractivity contribution in [3.63, 3.8) is 0 Å². The van der Waals surface area contributed by atoms with Crippen molar-refractivity contribution in [1.29, 1.82) is 0 Å². The molecule has 416 valence electrons. The van der Waals surface area contributed by atoms with E-state index in [1.165, 1.54) is 48.0 Å². The summed E-state index contributed by atoms with van der Waals surface area (Å²) in [5.41, 5.74) is 0.0826. The highest BCUT2D eigenvalue weighted by atomic mass is 35.5. The Balaban J connectivity index is 0.751. The highest BCUT2D eigenvalue weighted by Gasteiger charge is 2.50. The Morgan fingerprint density at radius 2 is 1.63 bits per heavy atom. The highest BCUT2D eigenvalue weighted by molar-refractivity contribution is 6.34. The van der Waals surface area contributed by atoms with Crippen molar-refractivity contribution in [2.45, 2.75) is 88.7 Å². The third-order valence-corrected chi connectivity index (χ3v) is 17.5. The maximum atomic E-state index is 16.8. The molecule has 5 aliphatic rings. The first kappa shape index (κ1) is 55.1. The molecule has 78 heavy (non-hydrogen) atoms. The molecule has 1 aromatic heterocycles. The summed E-state index contributed by atoms with van der Waals surface area (Å²) < 4.78 is 84.3. The van der Waals surface area contributed by atoms with Crippen LogP contribution in [0.25, 0.3) is 22.0 Å². The molecule has 1 aliphatic carbocycles. The number of carbonyl (C=O) groups excluding carboxylic acids is 4. The van der Waals surface area contributed by atoms with Crippen LogP contribution in [0.3, 0.4) is 0 Å². The van der Waals surface area contributed by atoms with E-state index in [4.69, 9.17) is 25.8 Å². The summed E-state index contributed by atoms with van der Waals surface area (Å²) in [5.74, 6) is -4.38. The number of piperidine rings is 2. The van der Waals surface area contributed by atoms with E-state index in [0.717, 1.165) is 37.8 Å². The zero-order valence-electron chi connectivity index (χ0n) is 44.7. The minimum atomic E-state index is -1.10. The minimum Gasteiger partial charge on any atom is -0.488 e. The number of hydrogen-bond donors (Lipinski definition) is 3. The van der Waals surface area contributed by atoms with Gasteiger partial charge in [0.25, 0.3) is 5.91 Å². The number of urea groups is 1. The Hall–Kier alpha value is -6.28. The molecule has 0 radical (unpaired) electrons. The lowest BCUT2D eigenvalue weighted by Crippen LogP contribution is -2.49. The van der Waals surface area contributed by atoms with Crippen LogP contribution in [0, 0.1) is 41.0 Å². The lowest BCUT2D eigenvalue weighted by Gasteiger charge is -2.41. The SMILES string of the molecule is CNC(=O)c1ccc(OCCOC)c(F)c1-c1c(Cl)c(F)cc2c1C(C)C(CNC1CCC(C(=O)N3CCC(CN4CCC(c5c(F)cc6c(N7CCC(=O)NC7=O)nn(C)c6c5F)C(C)C4)CC3)CC1)(c1ccccc1)O2. The van der Waals surface area contributed by atoms with Gasteiger partial charge in [0.1, 0.15) is 29.5 Å². The first-order valence-corrected chi connectivity index (χ1v) is 27.5. The van der Waals surface area contributed by atoms with E-state index in [-0.39, 0.29) is 111 Å². The van der Waals surface area contributed by atoms with Gasteiger partial charge >= 0.3 is 6.03 Å². The zero-order valence-corrected chi connectivity index (χ0v) is 45.4. The number of amides is 5. The molecule has 5 heterocycles. The van der Waals surface area contributed by atoms with E-state index in [9.17, 15) is 19.2 Å². The number of aryl methyl sites for hydroxylation is 1. The van der Waals surface area contributed by atoms with Crippen LogP contribution >= 0.6 is 11.6 Å². The van der Waals surface area contributed by atoms with E-state index in [0.29, 0.717) is 63.5 Å². The van der Waals surface area contributed by atoms with Gasteiger partial charge in [-0.05, 0) is 93.0 Å². The maximum absolute atomic E-state index is 16.8. The summed E-state index contributed by atoms with van der Waals surface area (Å²) in [5, 5.41) is 12.8. The molecule has 3 N–H and O–H groups in total. The summed E-state index contributed by atoms with van der Waals surface area (Å²) >= 11 is 6.83. The summed E-state index contributed by atoms with van der Waals surface area (Å²) in [7, 11) is 4.49. The summed E-state index contributed by atoms with van der Waals surface area (Å²) in [6.07, 6.45) is 5.29. The third-order valence-electron chi connectivity index (χ3n) is 17.2. The second-order valence-corrected chi connectivity index (χ2v) is 22.2. The van der Waals surface area contributed by atoms with E-state index in [1.807, 2.05) is 49.1 Å². The molecule has 0 spiro atoms. The lowest BCUT2D eigenvalue weighted by atomic mass is 9.77. The number of halogens is 5. The van der Waals surface area contributed by atoms with Crippen LogP contribution in [0.2, 0.25) is 5.02 Å². The monoisotopic (exact) mass is 1100 g/mol. The molecule has 1 saturated carbocycles. The molecule has 3 saturated heterocycles. The van der Waals surface area contributed by atoms with Crippen LogP contribution in [0.1, 0.15) is 104 Å². The Kier molecular flexibility index (Phi) is 16.1. The van der Waals surface area contributed by atoms with Crippen molar-refractivity contribution < 1.29 is 51.0 Å². The summed E-state index contributed by atoms with van der Waals surface area (Å²) in [6.45, 7) is 8.10. The van der Waals surface area contributed by atoms with Crippen molar-refractivity contribution in [2.75, 3.05) is 78.1 Å². The molecular formula is C58H67ClF4N8O7. The lowest BCUT2D eigenvalue weighted by molar-refractivity contribution is -0.138. The zero-order chi connectivity index (χ0) is 55.2. The molecule has 20 heteroatoms. The Bertz CT molecular complexity index is 3110. The number of anilines is 1. The van der Waals surface area contributed by atoms with Gasteiger partial charge in [0, 0.05) is 113 Å². The number of ether oxygens (including phenoxy) is 3. The van der Waals surface area contributed by atoms with Crippen molar-refractivity contribution in [3.8, 4) is 22.6 Å². The normalized spacial score (nSPS) is 24.1. The first-order chi connectivity index (χ1) is 37.5. The van der Waals surface area contributed by atoms with Gasteiger partial charge in [-0.2, -0.15) is 5.10 Å². The molecule has 4 atom stereocenters. The van der Waals surface area contributed by atoms with E-state index in [2.05, 4.69) is 25.9 Å². The number of methoxy groups -OCH3 is 1. The maximum Gasteiger partial charge on any atom is 0.329 e. The Morgan fingerprint density at radius 3 is 2.32 bits per heavy atom. The number of aromatic nitrogens is 2. The predicted molar refractivity (Wildman–Crippen MR) is 287 cm³/mol.